The summed E-state index contributed by atoms with van der Waals surface area (Å²) in [6.45, 7) is 13.0. The van der Waals surface area contributed by atoms with Crippen molar-refractivity contribution >= 4 is 5.91 Å². The second-order valence-electron chi connectivity index (χ2n) is 7.60. The van der Waals surface area contributed by atoms with Crippen LogP contribution in [0.5, 0.6) is 5.75 Å². The highest BCUT2D eigenvalue weighted by Crippen LogP contribution is 2.27. The van der Waals surface area contributed by atoms with Gasteiger partial charge in [-0.15, -0.1) is 0 Å². The van der Waals surface area contributed by atoms with Crippen LogP contribution < -0.4 is 4.74 Å². The van der Waals surface area contributed by atoms with Gasteiger partial charge < -0.3 is 9.64 Å². The van der Waals surface area contributed by atoms with E-state index < -0.39 is 0 Å². The molecular formula is C20H31N3O2. The zero-order chi connectivity index (χ0) is 18.0. The molecule has 0 N–H and O–H groups in total. The molecule has 0 saturated carbocycles. The Balaban J connectivity index is 1.60. The average molecular weight is 345 g/mol. The molecule has 0 bridgehead atoms. The van der Waals surface area contributed by atoms with Crippen LogP contribution in [0.3, 0.4) is 0 Å². The Hall–Kier alpha value is -1.59. The summed E-state index contributed by atoms with van der Waals surface area (Å²) in [7, 11) is 1.75. The van der Waals surface area contributed by atoms with E-state index in [-0.39, 0.29) is 5.91 Å². The number of nitrogens with zero attached hydrogens (tertiary/aromatic N) is 3. The van der Waals surface area contributed by atoms with E-state index in [1.165, 1.54) is 11.1 Å². The van der Waals surface area contributed by atoms with Crippen LogP contribution in [0.1, 0.15) is 25.0 Å². The van der Waals surface area contributed by atoms with Crippen LogP contribution in [0.4, 0.5) is 0 Å². The second-order valence-corrected chi connectivity index (χ2v) is 7.60. The van der Waals surface area contributed by atoms with E-state index in [2.05, 4.69) is 41.8 Å². The number of hydrogen-bond donors (Lipinski definition) is 0. The molecule has 2 saturated heterocycles. The number of aryl methyl sites for hydroxylation is 1. The first-order chi connectivity index (χ1) is 12.0. The van der Waals surface area contributed by atoms with Crippen molar-refractivity contribution in [3.8, 4) is 5.75 Å². The number of rotatable bonds is 4. The molecule has 138 valence electrons. The Morgan fingerprint density at radius 3 is 2.56 bits per heavy atom. The molecule has 5 heteroatoms. The molecule has 2 fully saturated rings. The maximum absolute atomic E-state index is 11.5. The number of carbonyl (C=O) groups is 1. The van der Waals surface area contributed by atoms with Crippen molar-refractivity contribution in [2.75, 3.05) is 46.4 Å². The van der Waals surface area contributed by atoms with Gasteiger partial charge in [0.1, 0.15) is 5.75 Å². The highest BCUT2D eigenvalue weighted by molar-refractivity contribution is 5.73. The lowest BCUT2D eigenvalue weighted by Crippen LogP contribution is -2.53. The summed E-state index contributed by atoms with van der Waals surface area (Å²) >= 11 is 0. The highest BCUT2D eigenvalue weighted by atomic mass is 16.5. The van der Waals surface area contributed by atoms with E-state index in [0.29, 0.717) is 12.0 Å². The fourth-order valence-electron chi connectivity index (χ4n) is 4.29. The lowest BCUT2D eigenvalue weighted by Gasteiger charge is -2.39. The Morgan fingerprint density at radius 2 is 1.92 bits per heavy atom. The number of hydrogen-bond acceptors (Lipinski definition) is 4. The summed E-state index contributed by atoms with van der Waals surface area (Å²) in [4.78, 5) is 18.6. The van der Waals surface area contributed by atoms with Crippen molar-refractivity contribution in [2.24, 2.45) is 5.92 Å². The molecule has 1 aromatic carbocycles. The van der Waals surface area contributed by atoms with Gasteiger partial charge in [0.15, 0.2) is 0 Å². The van der Waals surface area contributed by atoms with Crippen molar-refractivity contribution < 1.29 is 9.53 Å². The first-order valence-electron chi connectivity index (χ1n) is 9.33. The van der Waals surface area contributed by atoms with Gasteiger partial charge in [-0.3, -0.25) is 14.6 Å². The van der Waals surface area contributed by atoms with Gasteiger partial charge in [-0.05, 0) is 18.9 Å². The summed E-state index contributed by atoms with van der Waals surface area (Å²) < 4.78 is 5.54. The van der Waals surface area contributed by atoms with E-state index in [4.69, 9.17) is 4.74 Å². The number of benzene rings is 1. The molecule has 0 unspecified atom stereocenters. The molecule has 1 aromatic rings. The molecule has 0 aromatic heterocycles. The van der Waals surface area contributed by atoms with E-state index in [1.54, 1.807) is 14.0 Å². The minimum absolute atomic E-state index is 0.201. The zero-order valence-corrected chi connectivity index (χ0v) is 16.0. The first-order valence-corrected chi connectivity index (χ1v) is 9.33. The van der Waals surface area contributed by atoms with Gasteiger partial charge >= 0.3 is 0 Å². The lowest BCUT2D eigenvalue weighted by molar-refractivity contribution is -0.130. The van der Waals surface area contributed by atoms with Gasteiger partial charge in [0.2, 0.25) is 5.91 Å². The fourth-order valence-corrected chi connectivity index (χ4v) is 4.29. The number of methoxy groups -OCH3 is 1. The topological polar surface area (TPSA) is 36.0 Å². The number of piperazine rings is 1. The fraction of sp³-hybridized carbons (Fsp3) is 0.650. The van der Waals surface area contributed by atoms with Crippen LogP contribution in [-0.2, 0) is 11.3 Å². The molecule has 2 heterocycles. The predicted molar refractivity (Wildman–Crippen MR) is 99.8 cm³/mol. The largest absolute Gasteiger partial charge is 0.496 e. The second kappa shape index (κ2) is 7.75. The third-order valence-electron chi connectivity index (χ3n) is 5.71. The summed E-state index contributed by atoms with van der Waals surface area (Å²) in [5.41, 5.74) is 2.55. The Morgan fingerprint density at radius 1 is 1.20 bits per heavy atom. The lowest BCUT2D eigenvalue weighted by atomic mass is 10.0. The number of amides is 1. The predicted octanol–water partition coefficient (Wildman–Crippen LogP) is 1.99. The van der Waals surface area contributed by atoms with Crippen molar-refractivity contribution in [3.63, 3.8) is 0 Å². The van der Waals surface area contributed by atoms with Crippen LogP contribution in [0.15, 0.2) is 18.2 Å². The van der Waals surface area contributed by atoms with E-state index in [9.17, 15) is 4.79 Å². The highest BCUT2D eigenvalue weighted by Gasteiger charge is 2.35. The summed E-state index contributed by atoms with van der Waals surface area (Å²) in [5, 5.41) is 0. The SMILES string of the molecule is COc1ccc(C)cc1CN1C[C@H](C)[C@@H](N2CCN(C(C)=O)CC2)C1. The van der Waals surface area contributed by atoms with Crippen molar-refractivity contribution in [2.45, 2.75) is 33.4 Å². The third-order valence-corrected chi connectivity index (χ3v) is 5.71. The maximum atomic E-state index is 11.5. The smallest absolute Gasteiger partial charge is 0.219 e. The maximum Gasteiger partial charge on any atom is 0.219 e. The minimum atomic E-state index is 0.201. The molecule has 0 spiro atoms. The molecule has 0 radical (unpaired) electrons. The van der Waals surface area contributed by atoms with E-state index in [1.807, 2.05) is 4.90 Å². The Kier molecular flexibility index (Phi) is 5.64. The molecule has 2 aliphatic heterocycles. The monoisotopic (exact) mass is 345 g/mol. The van der Waals surface area contributed by atoms with Gasteiger partial charge in [0.05, 0.1) is 7.11 Å². The van der Waals surface area contributed by atoms with Gasteiger partial charge in [-0.1, -0.05) is 24.6 Å². The molecule has 3 rings (SSSR count). The minimum Gasteiger partial charge on any atom is -0.496 e. The van der Waals surface area contributed by atoms with Crippen LogP contribution in [-0.4, -0.2) is 73.0 Å². The Labute approximate surface area is 151 Å². The zero-order valence-electron chi connectivity index (χ0n) is 16.0. The van der Waals surface area contributed by atoms with Crippen LogP contribution in [0.25, 0.3) is 0 Å². The van der Waals surface area contributed by atoms with Crippen LogP contribution in [0.2, 0.25) is 0 Å². The summed E-state index contributed by atoms with van der Waals surface area (Å²) in [5.74, 6) is 1.84. The standard InChI is InChI=1S/C20H31N3O2/c1-15-5-6-20(25-4)18(11-15)13-21-12-16(2)19(14-21)23-9-7-22(8-10-23)17(3)24/h5-6,11,16,19H,7-10,12-14H2,1-4H3/t16-,19-/m0/s1. The molecule has 0 aliphatic carbocycles. The van der Waals surface area contributed by atoms with Gasteiger partial charge in [-0.2, -0.15) is 0 Å². The molecular weight excluding hydrogens is 314 g/mol. The first kappa shape index (κ1) is 18.2. The molecule has 5 nitrogen and oxygen atoms in total. The molecule has 1 amide bonds. The van der Waals surface area contributed by atoms with Crippen molar-refractivity contribution in [1.29, 1.82) is 0 Å². The Bertz CT molecular complexity index is 611. The molecule has 2 atom stereocenters. The quantitative estimate of drug-likeness (QED) is 0.836. The van der Waals surface area contributed by atoms with Crippen LogP contribution >= 0.6 is 0 Å². The van der Waals surface area contributed by atoms with E-state index in [0.717, 1.165) is 51.6 Å². The van der Waals surface area contributed by atoms with Gasteiger partial charge in [-0.25, -0.2) is 0 Å². The molecule has 2 aliphatic rings. The van der Waals surface area contributed by atoms with E-state index >= 15 is 0 Å². The molecule has 25 heavy (non-hydrogen) atoms. The van der Waals surface area contributed by atoms with Crippen molar-refractivity contribution in [3.05, 3.63) is 29.3 Å². The third kappa shape index (κ3) is 4.15. The number of likely N-dealkylation sites (tertiary alicyclic amines) is 1. The summed E-state index contributed by atoms with van der Waals surface area (Å²) in [6, 6.07) is 7.00. The normalized spacial score (nSPS) is 25.4. The number of ether oxygens (including phenoxy) is 1. The van der Waals surface area contributed by atoms with Crippen molar-refractivity contribution in [1.82, 2.24) is 14.7 Å². The number of carbonyl (C=O) groups excluding carboxylic acids is 1. The van der Waals surface area contributed by atoms with Gasteiger partial charge in [0.25, 0.3) is 0 Å². The summed E-state index contributed by atoms with van der Waals surface area (Å²) in [6.07, 6.45) is 0. The average Bonchev–Trinajstić information content (AvgIpc) is 2.95. The van der Waals surface area contributed by atoms with Gasteiger partial charge in [0, 0.05) is 64.3 Å². The van der Waals surface area contributed by atoms with Crippen LogP contribution in [0, 0.1) is 12.8 Å².